The number of hydrogen-bond donors (Lipinski definition) is 0. The van der Waals surface area contributed by atoms with Crippen LogP contribution in [-0.4, -0.2) is 26.1 Å². The molecule has 1 saturated heterocycles. The van der Waals surface area contributed by atoms with Gasteiger partial charge in [-0.05, 0) is 104 Å². The van der Waals surface area contributed by atoms with Gasteiger partial charge in [0.2, 0.25) is 0 Å². The summed E-state index contributed by atoms with van der Waals surface area (Å²) in [6, 6.07) is 5.31. The zero-order valence-electron chi connectivity index (χ0n) is 21.4. The fourth-order valence-electron chi connectivity index (χ4n) is 5.84. The molecule has 5 rings (SSSR count). The van der Waals surface area contributed by atoms with Crippen LogP contribution >= 0.6 is 0 Å². The molecule has 1 aromatic rings. The van der Waals surface area contributed by atoms with Crippen molar-refractivity contribution >= 4 is 0 Å². The van der Waals surface area contributed by atoms with E-state index in [9.17, 15) is 0 Å². The Labute approximate surface area is 170 Å². The molecule has 3 heteroatoms. The van der Waals surface area contributed by atoms with Crippen molar-refractivity contribution < 1.29 is 21.1 Å². The van der Waals surface area contributed by atoms with Gasteiger partial charge in [0.25, 0.3) is 0 Å². The van der Waals surface area contributed by atoms with E-state index >= 15 is 0 Å². The third-order valence-corrected chi connectivity index (χ3v) is 7.40. The van der Waals surface area contributed by atoms with Crippen LogP contribution in [-0.2, 0) is 15.8 Å². The summed E-state index contributed by atoms with van der Waals surface area (Å²) < 4.78 is 62.5. The Kier molecular flexibility index (Phi) is 3.46. The SMILES string of the molecule is [2H]C1C[C@]2(C)[C@H](CC[C@H]2OC2CCCCO2)[C@@H]2[C@@H]1c1ccc(OC)cc1C([2H])([2H])C2([2H])[2H]. The summed E-state index contributed by atoms with van der Waals surface area (Å²) in [5.74, 6) is -0.424. The highest BCUT2D eigenvalue weighted by Crippen LogP contribution is 2.61. The van der Waals surface area contributed by atoms with Gasteiger partial charge in [-0.2, -0.15) is 0 Å². The van der Waals surface area contributed by atoms with Crippen LogP contribution in [0.2, 0.25) is 0 Å². The van der Waals surface area contributed by atoms with Crippen LogP contribution in [0.5, 0.6) is 5.75 Å². The topological polar surface area (TPSA) is 27.7 Å². The van der Waals surface area contributed by atoms with Gasteiger partial charge >= 0.3 is 0 Å². The van der Waals surface area contributed by atoms with E-state index in [0.29, 0.717) is 24.3 Å². The van der Waals surface area contributed by atoms with E-state index in [1.54, 1.807) is 6.07 Å². The van der Waals surface area contributed by atoms with Gasteiger partial charge in [0.05, 0.1) is 13.2 Å². The molecule has 7 atom stereocenters. The van der Waals surface area contributed by atoms with E-state index in [-0.39, 0.29) is 29.6 Å². The Hall–Kier alpha value is -1.06. The van der Waals surface area contributed by atoms with Crippen molar-refractivity contribution in [3.63, 3.8) is 0 Å². The van der Waals surface area contributed by atoms with Crippen LogP contribution in [0.15, 0.2) is 18.2 Å². The van der Waals surface area contributed by atoms with E-state index < -0.39 is 25.1 Å². The molecule has 1 aromatic carbocycles. The van der Waals surface area contributed by atoms with Gasteiger partial charge in [-0.1, -0.05) is 13.0 Å². The molecular weight excluding hydrogens is 336 g/mol. The van der Waals surface area contributed by atoms with Crippen molar-refractivity contribution in [1.82, 2.24) is 0 Å². The third kappa shape index (κ3) is 3.02. The van der Waals surface area contributed by atoms with Gasteiger partial charge in [0.1, 0.15) is 5.75 Å². The lowest BCUT2D eigenvalue weighted by Gasteiger charge is -2.51. The average molecular weight is 376 g/mol. The number of ether oxygens (including phenoxy) is 3. The summed E-state index contributed by atoms with van der Waals surface area (Å²) in [6.45, 7) is 2.86. The van der Waals surface area contributed by atoms with E-state index in [0.717, 1.165) is 37.7 Å². The maximum absolute atomic E-state index is 9.11. The molecule has 2 saturated carbocycles. The normalized spacial score (nSPS) is 49.9. The first kappa shape index (κ1) is 13.2. The molecule has 148 valence electrons. The van der Waals surface area contributed by atoms with Crippen LogP contribution in [0.1, 0.15) is 82.1 Å². The van der Waals surface area contributed by atoms with E-state index in [4.69, 9.17) is 21.1 Å². The van der Waals surface area contributed by atoms with Gasteiger partial charge in [0.15, 0.2) is 6.29 Å². The highest BCUT2D eigenvalue weighted by atomic mass is 16.7. The van der Waals surface area contributed by atoms with E-state index in [1.165, 1.54) is 7.11 Å². The molecule has 0 bridgehead atoms. The highest BCUT2D eigenvalue weighted by Gasteiger charge is 2.55. The van der Waals surface area contributed by atoms with E-state index in [1.807, 2.05) is 12.1 Å². The Morgan fingerprint density at radius 3 is 2.96 bits per heavy atom. The summed E-state index contributed by atoms with van der Waals surface area (Å²) in [5.41, 5.74) is 0.755. The molecule has 3 aliphatic carbocycles. The molecule has 1 heterocycles. The first-order chi connectivity index (χ1) is 15.1. The zero-order valence-corrected chi connectivity index (χ0v) is 16.4. The number of aryl methyl sites for hydroxylation is 1. The largest absolute Gasteiger partial charge is 0.497 e. The first-order valence-corrected chi connectivity index (χ1v) is 10.5. The molecule has 0 aromatic heterocycles. The smallest absolute Gasteiger partial charge is 0.157 e. The zero-order chi connectivity index (χ0) is 22.9. The molecule has 0 spiro atoms. The van der Waals surface area contributed by atoms with Crippen molar-refractivity contribution in [1.29, 1.82) is 0 Å². The first-order valence-electron chi connectivity index (χ1n) is 13.1. The van der Waals surface area contributed by atoms with Gasteiger partial charge in [-0.15, -0.1) is 0 Å². The average Bonchev–Trinajstić information content (AvgIpc) is 3.07. The van der Waals surface area contributed by atoms with Gasteiger partial charge < -0.3 is 14.2 Å². The summed E-state index contributed by atoms with van der Waals surface area (Å²) >= 11 is 0. The lowest BCUT2D eigenvalue weighted by Crippen LogP contribution is -2.46. The Morgan fingerprint density at radius 2 is 2.15 bits per heavy atom. The van der Waals surface area contributed by atoms with Crippen molar-refractivity contribution in [2.24, 2.45) is 17.3 Å². The van der Waals surface area contributed by atoms with Crippen molar-refractivity contribution in [3.8, 4) is 5.75 Å². The number of methoxy groups -OCH3 is 1. The second kappa shape index (κ2) is 7.08. The lowest BCUT2D eigenvalue weighted by atomic mass is 9.55. The molecule has 2 unspecified atom stereocenters. The molecule has 27 heavy (non-hydrogen) atoms. The quantitative estimate of drug-likeness (QED) is 0.702. The number of rotatable bonds is 3. The third-order valence-electron chi connectivity index (χ3n) is 7.40. The monoisotopic (exact) mass is 375 g/mol. The summed E-state index contributed by atoms with van der Waals surface area (Å²) in [7, 11) is 1.53. The minimum absolute atomic E-state index is 0.0389. The maximum Gasteiger partial charge on any atom is 0.157 e. The highest BCUT2D eigenvalue weighted by molar-refractivity contribution is 5.40. The Morgan fingerprint density at radius 1 is 1.22 bits per heavy atom. The van der Waals surface area contributed by atoms with Gasteiger partial charge in [-0.25, -0.2) is 0 Å². The van der Waals surface area contributed by atoms with Gasteiger partial charge in [0, 0.05) is 13.5 Å². The molecule has 0 amide bonds. The van der Waals surface area contributed by atoms with Crippen LogP contribution in [0.25, 0.3) is 0 Å². The molecule has 4 aliphatic rings. The minimum Gasteiger partial charge on any atom is -0.497 e. The molecule has 0 N–H and O–H groups in total. The van der Waals surface area contributed by atoms with Crippen LogP contribution in [0.4, 0.5) is 0 Å². The molecular formula is C24H34O3. The predicted octanol–water partition coefficient (Wildman–Crippen LogP) is 5.46. The molecule has 1 aliphatic heterocycles. The molecule has 3 fully saturated rings. The summed E-state index contributed by atoms with van der Waals surface area (Å²) in [4.78, 5) is 0. The minimum atomic E-state index is -2.17. The molecule has 0 radical (unpaired) electrons. The van der Waals surface area contributed by atoms with Crippen molar-refractivity contribution in [3.05, 3.63) is 29.3 Å². The Bertz CT molecular complexity index is 871. The summed E-state index contributed by atoms with van der Waals surface area (Å²) in [6.07, 6.45) is 0.185. The standard InChI is InChI=1S/C24H34O3/c1-24-13-12-19-18-9-7-17(25-2)15-16(18)6-8-20(19)21(24)10-11-22(24)27-23-5-3-4-14-26-23/h7,9,15,19-23H,3-6,8,10-14H2,1-2H3/t19-,20-,21+,22+,23?,24+/m0/s1/i6D2,8D2,12D/t12?,19-,20-,21+,22+,23?,24+. The Balaban J connectivity index is 1.54. The summed E-state index contributed by atoms with van der Waals surface area (Å²) in [5, 5.41) is 0. The second-order valence-corrected chi connectivity index (χ2v) is 8.82. The van der Waals surface area contributed by atoms with Gasteiger partial charge in [-0.3, -0.25) is 0 Å². The van der Waals surface area contributed by atoms with Crippen molar-refractivity contribution in [2.75, 3.05) is 13.7 Å². The maximum atomic E-state index is 9.11. The fraction of sp³-hybridized carbons (Fsp3) is 0.750. The lowest BCUT2D eigenvalue weighted by molar-refractivity contribution is -0.212. The van der Waals surface area contributed by atoms with E-state index in [2.05, 4.69) is 6.92 Å². The van der Waals surface area contributed by atoms with Crippen LogP contribution in [0.3, 0.4) is 0 Å². The number of hydrogen-bond acceptors (Lipinski definition) is 3. The van der Waals surface area contributed by atoms with Crippen molar-refractivity contribution in [2.45, 2.75) is 82.9 Å². The molecule has 3 nitrogen and oxygen atoms in total. The predicted molar refractivity (Wildman–Crippen MR) is 106 cm³/mol. The number of fused-ring (bicyclic) bond motifs is 5. The van der Waals surface area contributed by atoms with Crippen LogP contribution < -0.4 is 4.74 Å². The van der Waals surface area contributed by atoms with Crippen LogP contribution in [0, 0.1) is 17.3 Å². The fourth-order valence-corrected chi connectivity index (χ4v) is 5.84. The number of benzene rings is 1. The second-order valence-electron chi connectivity index (χ2n) is 8.82.